The predicted molar refractivity (Wildman–Crippen MR) is 88.7 cm³/mol. The summed E-state index contributed by atoms with van der Waals surface area (Å²) in [4.78, 5) is 16.0. The highest BCUT2D eigenvalue weighted by molar-refractivity contribution is 6.01. The maximum absolute atomic E-state index is 11.8. The molecule has 0 aliphatic heterocycles. The number of benzene rings is 1. The van der Waals surface area contributed by atoms with Crippen molar-refractivity contribution in [2.24, 2.45) is 0 Å². The predicted octanol–water partition coefficient (Wildman–Crippen LogP) is 2.45. The SMILES string of the molecule is Cc1ccc(/C=C/C(=O)Nc2ccc(NCCO)nc2)cc1. The molecule has 0 saturated heterocycles. The number of nitrogens with zero attached hydrogens (tertiary/aromatic N) is 1. The van der Waals surface area contributed by atoms with Gasteiger partial charge in [-0.05, 0) is 30.7 Å². The molecule has 0 unspecified atom stereocenters. The number of carbonyl (C=O) groups is 1. The number of aryl methyl sites for hydroxylation is 1. The number of anilines is 2. The van der Waals surface area contributed by atoms with Gasteiger partial charge in [-0.2, -0.15) is 0 Å². The van der Waals surface area contributed by atoms with Crippen LogP contribution in [-0.2, 0) is 4.79 Å². The molecule has 0 saturated carbocycles. The van der Waals surface area contributed by atoms with Crippen LogP contribution in [0.4, 0.5) is 11.5 Å². The van der Waals surface area contributed by atoms with Crippen LogP contribution in [-0.4, -0.2) is 29.1 Å². The minimum atomic E-state index is -0.210. The lowest BCUT2D eigenvalue weighted by Crippen LogP contribution is -2.09. The third kappa shape index (κ3) is 5.03. The van der Waals surface area contributed by atoms with Crippen molar-refractivity contribution in [3.63, 3.8) is 0 Å². The summed E-state index contributed by atoms with van der Waals surface area (Å²) in [7, 11) is 0. The average Bonchev–Trinajstić information content (AvgIpc) is 2.54. The van der Waals surface area contributed by atoms with Crippen molar-refractivity contribution in [3.8, 4) is 0 Å². The van der Waals surface area contributed by atoms with Crippen molar-refractivity contribution in [3.05, 3.63) is 59.8 Å². The van der Waals surface area contributed by atoms with Crippen molar-refractivity contribution in [2.75, 3.05) is 23.8 Å². The van der Waals surface area contributed by atoms with E-state index in [-0.39, 0.29) is 12.5 Å². The lowest BCUT2D eigenvalue weighted by Gasteiger charge is -2.05. The first-order valence-electron chi connectivity index (χ1n) is 7.04. The molecule has 0 atom stereocenters. The molecule has 0 aliphatic carbocycles. The number of carbonyl (C=O) groups excluding carboxylic acids is 1. The van der Waals surface area contributed by atoms with Crippen molar-refractivity contribution < 1.29 is 9.90 Å². The van der Waals surface area contributed by atoms with E-state index in [4.69, 9.17) is 5.11 Å². The number of aromatic nitrogens is 1. The summed E-state index contributed by atoms with van der Waals surface area (Å²) in [5.74, 6) is 0.445. The fourth-order valence-electron chi connectivity index (χ4n) is 1.79. The van der Waals surface area contributed by atoms with Crippen LogP contribution in [0, 0.1) is 6.92 Å². The van der Waals surface area contributed by atoms with Gasteiger partial charge in [0.15, 0.2) is 0 Å². The molecule has 0 spiro atoms. The van der Waals surface area contributed by atoms with Crippen molar-refractivity contribution in [1.29, 1.82) is 0 Å². The second-order valence-corrected chi connectivity index (χ2v) is 4.82. The Kier molecular flexibility index (Phi) is 5.68. The molecule has 1 aromatic heterocycles. The minimum Gasteiger partial charge on any atom is -0.395 e. The lowest BCUT2D eigenvalue weighted by atomic mass is 10.1. The first-order chi connectivity index (χ1) is 10.7. The van der Waals surface area contributed by atoms with Crippen molar-refractivity contribution >= 4 is 23.5 Å². The quantitative estimate of drug-likeness (QED) is 0.716. The van der Waals surface area contributed by atoms with Gasteiger partial charge in [0.25, 0.3) is 0 Å². The maximum atomic E-state index is 11.8. The van der Waals surface area contributed by atoms with Crippen molar-refractivity contribution in [2.45, 2.75) is 6.92 Å². The Morgan fingerprint density at radius 2 is 2.00 bits per heavy atom. The zero-order chi connectivity index (χ0) is 15.8. The summed E-state index contributed by atoms with van der Waals surface area (Å²) < 4.78 is 0. The Morgan fingerprint density at radius 3 is 2.64 bits per heavy atom. The molecule has 0 aliphatic rings. The van der Waals surface area contributed by atoms with Gasteiger partial charge in [-0.1, -0.05) is 29.8 Å². The van der Waals surface area contributed by atoms with Gasteiger partial charge in [0.05, 0.1) is 18.5 Å². The molecular weight excluding hydrogens is 278 g/mol. The van der Waals surface area contributed by atoms with Gasteiger partial charge in [0.2, 0.25) is 5.91 Å². The van der Waals surface area contributed by atoms with E-state index in [1.54, 1.807) is 24.4 Å². The Balaban J connectivity index is 1.89. The monoisotopic (exact) mass is 297 g/mol. The second-order valence-electron chi connectivity index (χ2n) is 4.82. The second kappa shape index (κ2) is 7.95. The van der Waals surface area contributed by atoms with Gasteiger partial charge in [0, 0.05) is 12.6 Å². The number of hydrogen-bond donors (Lipinski definition) is 3. The van der Waals surface area contributed by atoms with Gasteiger partial charge in [-0.25, -0.2) is 4.98 Å². The van der Waals surface area contributed by atoms with Gasteiger partial charge >= 0.3 is 0 Å². The van der Waals surface area contributed by atoms with Crippen molar-refractivity contribution in [1.82, 2.24) is 4.98 Å². The van der Waals surface area contributed by atoms with Gasteiger partial charge in [-0.15, -0.1) is 0 Å². The number of amides is 1. The van der Waals surface area contributed by atoms with E-state index in [2.05, 4.69) is 15.6 Å². The van der Waals surface area contributed by atoms with E-state index in [0.717, 1.165) is 5.56 Å². The molecule has 5 nitrogen and oxygen atoms in total. The molecule has 2 aromatic rings. The van der Waals surface area contributed by atoms with E-state index in [1.165, 1.54) is 11.6 Å². The molecule has 1 amide bonds. The van der Waals surface area contributed by atoms with Crippen LogP contribution >= 0.6 is 0 Å². The Morgan fingerprint density at radius 1 is 1.23 bits per heavy atom. The highest BCUT2D eigenvalue weighted by Gasteiger charge is 1.99. The number of aliphatic hydroxyl groups excluding tert-OH is 1. The molecule has 0 bridgehead atoms. The zero-order valence-electron chi connectivity index (χ0n) is 12.4. The summed E-state index contributed by atoms with van der Waals surface area (Å²) in [5.41, 5.74) is 2.78. The first-order valence-corrected chi connectivity index (χ1v) is 7.04. The number of rotatable bonds is 6. The molecule has 2 rings (SSSR count). The smallest absolute Gasteiger partial charge is 0.248 e. The lowest BCUT2D eigenvalue weighted by molar-refractivity contribution is -0.111. The molecule has 5 heteroatoms. The molecule has 0 radical (unpaired) electrons. The summed E-state index contributed by atoms with van der Waals surface area (Å²) in [6.07, 6.45) is 4.82. The van der Waals surface area contributed by atoms with E-state index in [9.17, 15) is 4.79 Å². The van der Waals surface area contributed by atoms with E-state index in [1.807, 2.05) is 31.2 Å². The maximum Gasteiger partial charge on any atom is 0.248 e. The third-order valence-electron chi connectivity index (χ3n) is 2.95. The summed E-state index contributed by atoms with van der Waals surface area (Å²) in [6, 6.07) is 11.4. The molecule has 1 heterocycles. The van der Waals surface area contributed by atoms with Gasteiger partial charge in [0.1, 0.15) is 5.82 Å². The largest absolute Gasteiger partial charge is 0.395 e. The topological polar surface area (TPSA) is 74.2 Å². The summed E-state index contributed by atoms with van der Waals surface area (Å²) in [6.45, 7) is 2.51. The fourth-order valence-corrected chi connectivity index (χ4v) is 1.79. The molecule has 114 valence electrons. The molecule has 0 fully saturated rings. The Bertz CT molecular complexity index is 634. The van der Waals surface area contributed by atoms with E-state index < -0.39 is 0 Å². The molecular formula is C17H19N3O2. The van der Waals surface area contributed by atoms with Crippen LogP contribution in [0.3, 0.4) is 0 Å². The average molecular weight is 297 g/mol. The Labute approximate surface area is 129 Å². The number of pyridine rings is 1. The van der Waals surface area contributed by atoms with E-state index in [0.29, 0.717) is 18.1 Å². The number of nitrogens with one attached hydrogen (secondary N) is 2. The standard InChI is InChI=1S/C17H19N3O2/c1-13-2-4-14(5-3-13)6-9-17(22)20-15-7-8-16(19-12-15)18-10-11-21/h2-9,12,21H,10-11H2,1H3,(H,18,19)(H,20,22)/b9-6+. The van der Waals surface area contributed by atoms with Crippen LogP contribution in [0.2, 0.25) is 0 Å². The highest BCUT2D eigenvalue weighted by Crippen LogP contribution is 2.10. The normalized spacial score (nSPS) is 10.6. The Hall–Kier alpha value is -2.66. The van der Waals surface area contributed by atoms with Crippen LogP contribution < -0.4 is 10.6 Å². The van der Waals surface area contributed by atoms with Crippen LogP contribution in [0.1, 0.15) is 11.1 Å². The highest BCUT2D eigenvalue weighted by atomic mass is 16.3. The number of aliphatic hydroxyl groups is 1. The molecule has 22 heavy (non-hydrogen) atoms. The zero-order valence-corrected chi connectivity index (χ0v) is 12.4. The molecule has 1 aromatic carbocycles. The van der Waals surface area contributed by atoms with Crippen LogP contribution in [0.5, 0.6) is 0 Å². The molecule has 3 N–H and O–H groups in total. The fraction of sp³-hybridized carbons (Fsp3) is 0.176. The summed E-state index contributed by atoms with van der Waals surface area (Å²) >= 11 is 0. The third-order valence-corrected chi connectivity index (χ3v) is 2.95. The van der Waals surface area contributed by atoms with Gasteiger partial charge < -0.3 is 15.7 Å². The first kappa shape index (κ1) is 15.7. The van der Waals surface area contributed by atoms with E-state index >= 15 is 0 Å². The van der Waals surface area contributed by atoms with Crippen LogP contribution in [0.25, 0.3) is 6.08 Å². The number of hydrogen-bond acceptors (Lipinski definition) is 4. The van der Waals surface area contributed by atoms with Gasteiger partial charge in [-0.3, -0.25) is 4.79 Å². The van der Waals surface area contributed by atoms with Crippen LogP contribution in [0.15, 0.2) is 48.7 Å². The summed E-state index contributed by atoms with van der Waals surface area (Å²) in [5, 5.41) is 14.4. The minimum absolute atomic E-state index is 0.0456.